The molecule has 29 heavy (non-hydrogen) atoms. The molecule has 0 aliphatic rings. The van der Waals surface area contributed by atoms with Crippen LogP contribution in [0.1, 0.15) is 11.1 Å². The summed E-state index contributed by atoms with van der Waals surface area (Å²) in [6, 6.07) is 17.0. The van der Waals surface area contributed by atoms with Gasteiger partial charge < -0.3 is 19.3 Å². The summed E-state index contributed by atoms with van der Waals surface area (Å²) >= 11 is 5.96. The second kappa shape index (κ2) is 9.60. The molecule has 0 bridgehead atoms. The predicted octanol–water partition coefficient (Wildman–Crippen LogP) is 4.27. The van der Waals surface area contributed by atoms with Gasteiger partial charge in [-0.2, -0.15) is 5.10 Å². The Balaban J connectivity index is 1.82. The number of hydrogen-bond donors (Lipinski definition) is 1. The first-order chi connectivity index (χ1) is 14.0. The van der Waals surface area contributed by atoms with E-state index in [4.69, 9.17) is 25.8 Å². The lowest BCUT2D eigenvalue weighted by atomic mass is 10.0. The minimum absolute atomic E-state index is 0.285. The maximum Gasteiger partial charge on any atom is 0.212 e. The zero-order valence-corrected chi connectivity index (χ0v) is 17.3. The molecule has 0 fully saturated rings. The average molecular weight is 415 g/mol. The summed E-state index contributed by atoms with van der Waals surface area (Å²) in [7, 11) is 4.78. The maximum atomic E-state index is 10.2. The Morgan fingerprint density at radius 3 is 2.59 bits per heavy atom. The number of aliphatic hydroxyl groups excluding tert-OH is 1. The van der Waals surface area contributed by atoms with Crippen molar-refractivity contribution in [3.63, 3.8) is 0 Å². The Morgan fingerprint density at radius 1 is 1.17 bits per heavy atom. The molecule has 1 atom stereocenters. The van der Waals surface area contributed by atoms with Gasteiger partial charge >= 0.3 is 0 Å². The molecule has 3 rings (SSSR count). The molecule has 1 N–H and O–H groups in total. The summed E-state index contributed by atoms with van der Waals surface area (Å²) in [4.78, 5) is 0. The highest BCUT2D eigenvalue weighted by molar-refractivity contribution is 6.30. The number of nitrogens with zero attached hydrogens (tertiary/aromatic N) is 2. The minimum Gasteiger partial charge on any atom is -0.504 e. The normalized spacial score (nSPS) is 12.7. The number of aryl methyl sites for hydroxylation is 1. The third-order valence-electron chi connectivity index (χ3n) is 4.41. The molecular formula is C22H23ClN2O4. The molecule has 2 aromatic carbocycles. The first kappa shape index (κ1) is 20.9. The predicted molar refractivity (Wildman–Crippen MR) is 112 cm³/mol. The van der Waals surface area contributed by atoms with E-state index < -0.39 is 6.29 Å². The molecule has 1 aromatic heterocycles. The number of rotatable bonds is 8. The van der Waals surface area contributed by atoms with Gasteiger partial charge in [0.25, 0.3) is 0 Å². The van der Waals surface area contributed by atoms with Crippen molar-refractivity contribution >= 4 is 17.2 Å². The quantitative estimate of drug-likeness (QED) is 0.440. The molecule has 6 nitrogen and oxygen atoms in total. The van der Waals surface area contributed by atoms with Crippen molar-refractivity contribution in [1.29, 1.82) is 0 Å². The van der Waals surface area contributed by atoms with Crippen molar-refractivity contribution in [3.05, 3.63) is 77.0 Å². The van der Waals surface area contributed by atoms with Gasteiger partial charge in [0.05, 0.1) is 19.1 Å². The van der Waals surface area contributed by atoms with Crippen molar-refractivity contribution in [2.45, 2.75) is 12.9 Å². The molecular weight excluding hydrogens is 392 g/mol. The molecule has 1 heterocycles. The molecule has 0 amide bonds. The largest absolute Gasteiger partial charge is 0.504 e. The van der Waals surface area contributed by atoms with Gasteiger partial charge in [-0.25, -0.2) is 4.68 Å². The molecule has 0 saturated carbocycles. The van der Waals surface area contributed by atoms with E-state index in [1.54, 1.807) is 4.68 Å². The topological polar surface area (TPSA) is 65.7 Å². The van der Waals surface area contributed by atoms with Crippen LogP contribution in [-0.4, -0.2) is 35.4 Å². The Kier molecular flexibility index (Phi) is 6.93. The lowest BCUT2D eigenvalue weighted by Gasteiger charge is -2.17. The van der Waals surface area contributed by atoms with Crippen LogP contribution in [0, 0.1) is 0 Å². The van der Waals surface area contributed by atoms with Gasteiger partial charge in [-0.1, -0.05) is 48.0 Å². The van der Waals surface area contributed by atoms with Crippen molar-refractivity contribution in [3.8, 4) is 17.1 Å². The molecule has 0 aliphatic heterocycles. The molecule has 3 aromatic rings. The Labute approximate surface area is 174 Å². The van der Waals surface area contributed by atoms with Gasteiger partial charge in [0, 0.05) is 36.4 Å². The van der Waals surface area contributed by atoms with Crippen LogP contribution in [0.3, 0.4) is 0 Å². The minimum atomic E-state index is -1.11. The van der Waals surface area contributed by atoms with Crippen LogP contribution in [0.5, 0.6) is 5.88 Å². The van der Waals surface area contributed by atoms with Crippen molar-refractivity contribution in [2.75, 3.05) is 14.2 Å². The van der Waals surface area contributed by atoms with E-state index in [0.717, 1.165) is 22.4 Å². The van der Waals surface area contributed by atoms with Crippen molar-refractivity contribution < 1.29 is 19.3 Å². The zero-order valence-electron chi connectivity index (χ0n) is 16.5. The number of benzene rings is 2. The fourth-order valence-corrected chi connectivity index (χ4v) is 3.06. The number of aliphatic hydroxyl groups is 1. The van der Waals surface area contributed by atoms with Crippen LogP contribution >= 0.6 is 11.6 Å². The SMILES string of the molecule is CO/C=C(\c1ccccc1COc1cc(-c2ccc(Cl)cc2)nn1C)C(O)OC. The van der Waals surface area contributed by atoms with E-state index in [1.165, 1.54) is 20.5 Å². The van der Waals surface area contributed by atoms with E-state index in [2.05, 4.69) is 5.10 Å². The fraction of sp³-hybridized carbons (Fsp3) is 0.227. The van der Waals surface area contributed by atoms with E-state index >= 15 is 0 Å². The maximum absolute atomic E-state index is 10.2. The van der Waals surface area contributed by atoms with Crippen LogP contribution < -0.4 is 4.74 Å². The summed E-state index contributed by atoms with van der Waals surface area (Å²) in [5.74, 6) is 0.620. The second-order valence-corrected chi connectivity index (χ2v) is 6.78. The lowest BCUT2D eigenvalue weighted by Crippen LogP contribution is -2.14. The number of aromatic nitrogens is 2. The third-order valence-corrected chi connectivity index (χ3v) is 4.67. The standard InChI is InChI=1S/C22H23ClN2O4/c1-25-21(12-20(24-25)15-8-10-17(23)11-9-15)29-13-16-6-4-5-7-18(16)19(14-27-2)22(26)28-3/h4-12,14,22,26H,13H2,1-3H3/b19-14+. The molecule has 0 aliphatic carbocycles. The van der Waals surface area contributed by atoms with Crippen LogP contribution in [0.2, 0.25) is 5.02 Å². The second-order valence-electron chi connectivity index (χ2n) is 6.34. The van der Waals surface area contributed by atoms with Gasteiger partial charge in [0.2, 0.25) is 5.88 Å². The summed E-state index contributed by atoms with van der Waals surface area (Å²) in [5.41, 5.74) is 3.92. The van der Waals surface area contributed by atoms with Gasteiger partial charge in [0.15, 0.2) is 6.29 Å². The van der Waals surface area contributed by atoms with Crippen LogP contribution in [-0.2, 0) is 23.1 Å². The summed E-state index contributed by atoms with van der Waals surface area (Å²) < 4.78 is 17.9. The summed E-state index contributed by atoms with van der Waals surface area (Å²) in [5, 5.41) is 15.4. The highest BCUT2D eigenvalue weighted by Gasteiger charge is 2.17. The molecule has 152 valence electrons. The first-order valence-corrected chi connectivity index (χ1v) is 9.36. The fourth-order valence-electron chi connectivity index (χ4n) is 2.94. The van der Waals surface area contributed by atoms with Crippen LogP contribution in [0.25, 0.3) is 16.8 Å². The molecule has 0 saturated heterocycles. The van der Waals surface area contributed by atoms with E-state index in [9.17, 15) is 5.11 Å². The highest BCUT2D eigenvalue weighted by Crippen LogP contribution is 2.27. The third kappa shape index (κ3) is 4.98. The van der Waals surface area contributed by atoms with Gasteiger partial charge in [-0.05, 0) is 23.3 Å². The molecule has 1 unspecified atom stereocenters. The smallest absolute Gasteiger partial charge is 0.212 e. The van der Waals surface area contributed by atoms with E-state index in [1.807, 2.05) is 61.6 Å². The van der Waals surface area contributed by atoms with Crippen molar-refractivity contribution in [2.24, 2.45) is 7.05 Å². The van der Waals surface area contributed by atoms with E-state index in [-0.39, 0.29) is 6.61 Å². The average Bonchev–Trinajstić information content (AvgIpc) is 3.11. The summed E-state index contributed by atoms with van der Waals surface area (Å²) in [6.07, 6.45) is 0.361. The first-order valence-electron chi connectivity index (χ1n) is 8.98. The van der Waals surface area contributed by atoms with E-state index in [0.29, 0.717) is 16.5 Å². The molecule has 7 heteroatoms. The summed E-state index contributed by atoms with van der Waals surface area (Å²) in [6.45, 7) is 0.285. The Hall–Kier alpha value is -2.80. The van der Waals surface area contributed by atoms with Gasteiger partial charge in [-0.15, -0.1) is 0 Å². The molecule has 0 spiro atoms. The monoisotopic (exact) mass is 414 g/mol. The number of hydrogen-bond acceptors (Lipinski definition) is 5. The number of halogens is 1. The Morgan fingerprint density at radius 2 is 1.90 bits per heavy atom. The van der Waals surface area contributed by atoms with Gasteiger partial charge in [0.1, 0.15) is 6.61 Å². The van der Waals surface area contributed by atoms with Gasteiger partial charge in [-0.3, -0.25) is 0 Å². The zero-order chi connectivity index (χ0) is 20.8. The van der Waals surface area contributed by atoms with Crippen molar-refractivity contribution in [1.82, 2.24) is 9.78 Å². The highest BCUT2D eigenvalue weighted by atomic mass is 35.5. The number of methoxy groups -OCH3 is 2. The van der Waals surface area contributed by atoms with Crippen LogP contribution in [0.4, 0.5) is 0 Å². The Bertz CT molecular complexity index is 983. The lowest BCUT2D eigenvalue weighted by molar-refractivity contribution is -0.0286. The number of ether oxygens (including phenoxy) is 3. The van der Waals surface area contributed by atoms with Crippen LogP contribution in [0.15, 0.2) is 60.9 Å². The molecule has 0 radical (unpaired) electrons.